The van der Waals surface area contributed by atoms with Crippen LogP contribution < -0.4 is 16.1 Å². The summed E-state index contributed by atoms with van der Waals surface area (Å²) in [5.74, 6) is -2.02. The number of hydrogen-bond acceptors (Lipinski definition) is 4. The van der Waals surface area contributed by atoms with E-state index in [9.17, 15) is 14.0 Å². The summed E-state index contributed by atoms with van der Waals surface area (Å²) in [4.78, 5) is 27.8. The van der Waals surface area contributed by atoms with E-state index >= 15 is 0 Å². The van der Waals surface area contributed by atoms with Crippen LogP contribution in [0.4, 0.5) is 10.1 Å². The molecule has 1 aliphatic carbocycles. The molecule has 2 aromatic rings. The van der Waals surface area contributed by atoms with E-state index in [-0.39, 0.29) is 45.5 Å². The van der Waals surface area contributed by atoms with E-state index in [1.54, 1.807) is 0 Å². The number of halogens is 3. The van der Waals surface area contributed by atoms with Crippen molar-refractivity contribution in [3.05, 3.63) is 38.9 Å². The molecular weight excluding hydrogens is 372 g/mol. The maximum Gasteiger partial charge on any atom is 0.341 e. The lowest BCUT2D eigenvalue weighted by Gasteiger charge is -2.21. The molecule has 0 radical (unpaired) electrons. The van der Waals surface area contributed by atoms with Crippen molar-refractivity contribution in [2.24, 2.45) is 11.1 Å². The minimum absolute atomic E-state index is 0. The number of nitrogens with two attached hydrogens (primary N) is 1. The molecule has 2 aliphatic rings. The van der Waals surface area contributed by atoms with Crippen LogP contribution in [-0.2, 0) is 0 Å². The Morgan fingerprint density at radius 3 is 2.72 bits per heavy atom. The number of pyridine rings is 1. The number of nitrogens with zero attached hydrogens (tertiary/aromatic N) is 1. The summed E-state index contributed by atoms with van der Waals surface area (Å²) in [5, 5.41) is 9.01. The Kier molecular flexibility index (Phi) is 4.21. The van der Waals surface area contributed by atoms with Gasteiger partial charge in [0.1, 0.15) is 11.4 Å². The molecule has 0 bridgehead atoms. The van der Waals surface area contributed by atoms with Crippen molar-refractivity contribution in [3.63, 3.8) is 0 Å². The Hall–Kier alpha value is -1.83. The highest BCUT2D eigenvalue weighted by Gasteiger charge is 2.54. The molecule has 1 unspecified atom stereocenters. The SMILES string of the molecule is Cl.NC1CN(c2c(F)cc3c(=O)c(C(=O)O)c[nH]c3c2Cl)CC12CC2. The smallest absolute Gasteiger partial charge is 0.341 e. The lowest BCUT2D eigenvalue weighted by Crippen LogP contribution is -2.30. The topological polar surface area (TPSA) is 99.4 Å². The third-order valence-electron chi connectivity index (χ3n) is 5.19. The number of nitrogens with one attached hydrogen (secondary N) is 1. The van der Waals surface area contributed by atoms with Gasteiger partial charge in [0.2, 0.25) is 5.43 Å². The van der Waals surface area contributed by atoms with Gasteiger partial charge in [0, 0.05) is 30.7 Å². The quantitative estimate of drug-likeness (QED) is 0.734. The fraction of sp³-hybridized carbons (Fsp3) is 0.375. The Morgan fingerprint density at radius 1 is 1.48 bits per heavy atom. The maximum absolute atomic E-state index is 14.7. The molecule has 2 fully saturated rings. The number of aromatic amines is 1. The van der Waals surface area contributed by atoms with Crippen LogP contribution in [0.5, 0.6) is 0 Å². The van der Waals surface area contributed by atoms with E-state index in [0.29, 0.717) is 13.1 Å². The monoisotopic (exact) mass is 387 g/mol. The average molecular weight is 388 g/mol. The van der Waals surface area contributed by atoms with E-state index < -0.39 is 22.8 Å². The van der Waals surface area contributed by atoms with Gasteiger partial charge < -0.3 is 20.7 Å². The van der Waals surface area contributed by atoms with Crippen molar-refractivity contribution in [2.45, 2.75) is 18.9 Å². The largest absolute Gasteiger partial charge is 0.477 e. The van der Waals surface area contributed by atoms with E-state index in [0.717, 1.165) is 25.1 Å². The van der Waals surface area contributed by atoms with Gasteiger partial charge >= 0.3 is 5.97 Å². The number of rotatable bonds is 2. The van der Waals surface area contributed by atoms with Gasteiger partial charge in [-0.05, 0) is 18.9 Å². The van der Waals surface area contributed by atoms with Crippen molar-refractivity contribution in [3.8, 4) is 0 Å². The maximum atomic E-state index is 14.7. The van der Waals surface area contributed by atoms with Gasteiger partial charge in [0.25, 0.3) is 0 Å². The lowest BCUT2D eigenvalue weighted by atomic mass is 10.0. The Bertz CT molecular complexity index is 942. The number of benzene rings is 1. The number of aromatic nitrogens is 1. The molecular formula is C16H16Cl2FN3O3. The highest BCUT2D eigenvalue weighted by molar-refractivity contribution is 6.37. The highest BCUT2D eigenvalue weighted by atomic mass is 35.5. The number of H-pyrrole nitrogens is 1. The van der Waals surface area contributed by atoms with Crippen LogP contribution in [0.25, 0.3) is 10.9 Å². The summed E-state index contributed by atoms with van der Waals surface area (Å²) in [5.41, 5.74) is 5.43. The van der Waals surface area contributed by atoms with Crippen LogP contribution >= 0.6 is 24.0 Å². The van der Waals surface area contributed by atoms with Crippen molar-refractivity contribution in [1.82, 2.24) is 4.98 Å². The molecule has 1 atom stereocenters. The zero-order chi connectivity index (χ0) is 17.2. The minimum Gasteiger partial charge on any atom is -0.477 e. The fourth-order valence-electron chi connectivity index (χ4n) is 3.59. The second-order valence-corrected chi connectivity index (χ2v) is 7.01. The van der Waals surface area contributed by atoms with E-state index in [2.05, 4.69) is 4.98 Å². The highest BCUT2D eigenvalue weighted by Crippen LogP contribution is 2.53. The summed E-state index contributed by atoms with van der Waals surface area (Å²) in [6.07, 6.45) is 3.13. The molecule has 1 aromatic carbocycles. The zero-order valence-electron chi connectivity index (χ0n) is 13.0. The summed E-state index contributed by atoms with van der Waals surface area (Å²) in [6.45, 7) is 1.13. The first-order chi connectivity index (χ1) is 11.3. The van der Waals surface area contributed by atoms with E-state index in [4.69, 9.17) is 22.4 Å². The van der Waals surface area contributed by atoms with Crippen molar-refractivity contribution in [2.75, 3.05) is 18.0 Å². The fourth-order valence-corrected chi connectivity index (χ4v) is 3.95. The molecule has 1 spiro atoms. The molecule has 1 aliphatic heterocycles. The number of hydrogen-bond donors (Lipinski definition) is 3. The molecule has 25 heavy (non-hydrogen) atoms. The van der Waals surface area contributed by atoms with Crippen molar-refractivity contribution in [1.29, 1.82) is 0 Å². The number of carbonyl (C=O) groups is 1. The number of aromatic carboxylic acids is 1. The van der Waals surface area contributed by atoms with Gasteiger partial charge in [-0.1, -0.05) is 11.6 Å². The third-order valence-corrected chi connectivity index (χ3v) is 5.56. The molecule has 6 nitrogen and oxygen atoms in total. The van der Waals surface area contributed by atoms with Crippen LogP contribution in [-0.4, -0.2) is 35.2 Å². The molecule has 1 saturated heterocycles. The van der Waals surface area contributed by atoms with Gasteiger partial charge in [-0.2, -0.15) is 0 Å². The van der Waals surface area contributed by atoms with Crippen LogP contribution in [0, 0.1) is 11.2 Å². The van der Waals surface area contributed by atoms with Gasteiger partial charge in [-0.25, -0.2) is 9.18 Å². The molecule has 1 aromatic heterocycles. The minimum atomic E-state index is -1.38. The second-order valence-electron chi connectivity index (χ2n) is 6.63. The lowest BCUT2D eigenvalue weighted by molar-refractivity contribution is 0.0695. The van der Waals surface area contributed by atoms with Crippen molar-refractivity contribution < 1.29 is 14.3 Å². The molecule has 1 saturated carbocycles. The molecule has 134 valence electrons. The van der Waals surface area contributed by atoms with Crippen molar-refractivity contribution >= 4 is 46.6 Å². The van der Waals surface area contributed by atoms with Gasteiger partial charge in [-0.15, -0.1) is 12.4 Å². The number of anilines is 1. The van der Waals surface area contributed by atoms with Gasteiger partial charge in [0.15, 0.2) is 0 Å². The van der Waals surface area contributed by atoms with Crippen LogP contribution in [0.3, 0.4) is 0 Å². The molecule has 2 heterocycles. The summed E-state index contributed by atoms with van der Waals surface area (Å²) < 4.78 is 14.7. The first kappa shape index (κ1) is 18.0. The molecule has 9 heteroatoms. The van der Waals surface area contributed by atoms with Crippen LogP contribution in [0.1, 0.15) is 23.2 Å². The molecule has 4 N–H and O–H groups in total. The first-order valence-electron chi connectivity index (χ1n) is 7.61. The van der Waals surface area contributed by atoms with Crippen LogP contribution in [0.2, 0.25) is 5.02 Å². The average Bonchev–Trinajstić information content (AvgIpc) is 3.21. The third kappa shape index (κ3) is 2.58. The zero-order valence-corrected chi connectivity index (χ0v) is 14.6. The van der Waals surface area contributed by atoms with E-state index in [1.807, 2.05) is 4.90 Å². The number of carboxylic acids is 1. The first-order valence-corrected chi connectivity index (χ1v) is 7.99. The summed E-state index contributed by atoms with van der Waals surface area (Å²) >= 11 is 6.35. The van der Waals surface area contributed by atoms with E-state index in [1.165, 1.54) is 0 Å². The number of carboxylic acid groups (broad SMARTS) is 1. The predicted molar refractivity (Wildman–Crippen MR) is 95.6 cm³/mol. The Morgan fingerprint density at radius 2 is 2.16 bits per heavy atom. The second kappa shape index (κ2) is 5.86. The predicted octanol–water partition coefficient (Wildman–Crippen LogP) is 2.37. The Labute approximate surface area is 153 Å². The normalized spacial score (nSPS) is 20.8. The standard InChI is InChI=1S/C16H15ClFN3O3.ClH/c17-11-12-7(14(22)8(4-20-12)15(23)24)3-9(18)13(11)21-5-10(19)16(6-21)1-2-16;/h3-4,10H,1-2,5-6,19H2,(H,20,22)(H,23,24);1H. The Balaban J connectivity index is 0.00000182. The molecule has 0 amide bonds. The summed E-state index contributed by atoms with van der Waals surface area (Å²) in [7, 11) is 0. The summed E-state index contributed by atoms with van der Waals surface area (Å²) in [6, 6.07) is 1.02. The number of fused-ring (bicyclic) bond motifs is 1. The van der Waals surface area contributed by atoms with Gasteiger partial charge in [-0.3, -0.25) is 4.79 Å². The van der Waals surface area contributed by atoms with Gasteiger partial charge in [0.05, 0.1) is 21.6 Å². The van der Waals surface area contributed by atoms with Crippen LogP contribution in [0.15, 0.2) is 17.1 Å². The molecule has 4 rings (SSSR count).